The number of rotatable bonds is 5. The van der Waals surface area contributed by atoms with Gasteiger partial charge in [0.05, 0.1) is 6.61 Å². The summed E-state index contributed by atoms with van der Waals surface area (Å²) in [5.41, 5.74) is 0. The first-order chi connectivity index (χ1) is 9.74. The molecule has 3 saturated heterocycles. The molecule has 2 bridgehead atoms. The molecule has 0 radical (unpaired) electrons. The second-order valence-corrected chi connectivity index (χ2v) is 6.83. The second kappa shape index (κ2) is 6.44. The van der Waals surface area contributed by atoms with Crippen molar-refractivity contribution in [2.75, 3.05) is 26.3 Å². The summed E-state index contributed by atoms with van der Waals surface area (Å²) in [5.74, 6) is 1.56. The van der Waals surface area contributed by atoms with Crippen LogP contribution in [0.1, 0.15) is 45.4 Å². The van der Waals surface area contributed by atoms with Crippen LogP contribution in [0.15, 0.2) is 0 Å². The molecule has 0 saturated carbocycles. The first kappa shape index (κ1) is 14.3. The maximum atomic E-state index is 12.4. The Labute approximate surface area is 122 Å². The van der Waals surface area contributed by atoms with Gasteiger partial charge in [0.1, 0.15) is 0 Å². The smallest absolute Gasteiger partial charge is 0.222 e. The van der Waals surface area contributed by atoms with Crippen LogP contribution < -0.4 is 5.32 Å². The van der Waals surface area contributed by atoms with Crippen molar-refractivity contribution in [1.82, 2.24) is 10.2 Å². The van der Waals surface area contributed by atoms with Crippen molar-refractivity contribution in [2.45, 2.75) is 57.5 Å². The molecule has 0 aliphatic carbocycles. The number of likely N-dealkylation sites (tertiary alicyclic amines) is 1. The van der Waals surface area contributed by atoms with Gasteiger partial charge in [0.15, 0.2) is 0 Å². The SMILES string of the molecule is CCOCC1CCN(C(=O)CC2CC3CCC(C2)N3)C1. The van der Waals surface area contributed by atoms with Crippen LogP contribution in [0.25, 0.3) is 0 Å². The van der Waals surface area contributed by atoms with E-state index in [9.17, 15) is 4.79 Å². The van der Waals surface area contributed by atoms with Crippen LogP contribution in [0.2, 0.25) is 0 Å². The lowest BCUT2D eigenvalue weighted by atomic mass is 9.89. The molecule has 3 fully saturated rings. The number of carbonyl (C=O) groups is 1. The monoisotopic (exact) mass is 280 g/mol. The van der Waals surface area contributed by atoms with Crippen molar-refractivity contribution < 1.29 is 9.53 Å². The Hall–Kier alpha value is -0.610. The van der Waals surface area contributed by atoms with Gasteiger partial charge in [-0.05, 0) is 44.9 Å². The molecule has 4 heteroatoms. The van der Waals surface area contributed by atoms with Crippen LogP contribution in [-0.2, 0) is 9.53 Å². The summed E-state index contributed by atoms with van der Waals surface area (Å²) in [4.78, 5) is 14.5. The van der Waals surface area contributed by atoms with Crippen molar-refractivity contribution >= 4 is 5.91 Å². The molecular formula is C16H28N2O2. The van der Waals surface area contributed by atoms with Gasteiger partial charge in [-0.25, -0.2) is 0 Å². The minimum Gasteiger partial charge on any atom is -0.381 e. The van der Waals surface area contributed by atoms with Crippen LogP contribution in [0.5, 0.6) is 0 Å². The summed E-state index contributed by atoms with van der Waals surface area (Å²) in [7, 11) is 0. The first-order valence-corrected chi connectivity index (χ1v) is 8.36. The Morgan fingerprint density at radius 3 is 2.65 bits per heavy atom. The number of amides is 1. The van der Waals surface area contributed by atoms with E-state index in [2.05, 4.69) is 10.2 Å². The number of ether oxygens (including phenoxy) is 1. The molecule has 3 aliphatic heterocycles. The molecular weight excluding hydrogens is 252 g/mol. The van der Waals surface area contributed by atoms with Gasteiger partial charge in [-0.3, -0.25) is 4.79 Å². The predicted molar refractivity (Wildman–Crippen MR) is 78.5 cm³/mol. The number of fused-ring (bicyclic) bond motifs is 2. The summed E-state index contributed by atoms with van der Waals surface area (Å²) < 4.78 is 5.49. The average Bonchev–Trinajstić information content (AvgIpc) is 3.03. The van der Waals surface area contributed by atoms with Crippen LogP contribution in [0, 0.1) is 11.8 Å². The molecule has 0 aromatic carbocycles. The van der Waals surface area contributed by atoms with Crippen molar-refractivity contribution in [3.63, 3.8) is 0 Å². The maximum absolute atomic E-state index is 12.4. The Bertz CT molecular complexity index is 335. The summed E-state index contributed by atoms with van der Waals surface area (Å²) in [6, 6.07) is 1.38. The van der Waals surface area contributed by atoms with E-state index in [0.717, 1.165) is 39.1 Å². The van der Waals surface area contributed by atoms with Gasteiger partial charge in [-0.15, -0.1) is 0 Å². The molecule has 3 heterocycles. The summed E-state index contributed by atoms with van der Waals surface area (Å²) in [6.45, 7) is 5.48. The topological polar surface area (TPSA) is 41.6 Å². The molecule has 4 nitrogen and oxygen atoms in total. The number of carbonyl (C=O) groups excluding carboxylic acids is 1. The fourth-order valence-electron chi connectivity index (χ4n) is 4.20. The molecule has 0 aromatic rings. The Kier molecular flexibility index (Phi) is 4.61. The zero-order valence-corrected chi connectivity index (χ0v) is 12.6. The molecule has 1 amide bonds. The van der Waals surface area contributed by atoms with Crippen LogP contribution >= 0.6 is 0 Å². The fraction of sp³-hybridized carbons (Fsp3) is 0.938. The number of nitrogens with zero attached hydrogens (tertiary/aromatic N) is 1. The maximum Gasteiger partial charge on any atom is 0.222 e. The lowest BCUT2D eigenvalue weighted by Crippen LogP contribution is -2.40. The molecule has 3 atom stereocenters. The van der Waals surface area contributed by atoms with Crippen LogP contribution in [-0.4, -0.2) is 49.2 Å². The third-order valence-corrected chi connectivity index (χ3v) is 5.23. The van der Waals surface area contributed by atoms with Crippen molar-refractivity contribution in [1.29, 1.82) is 0 Å². The van der Waals surface area contributed by atoms with Crippen LogP contribution in [0.3, 0.4) is 0 Å². The number of piperidine rings is 1. The molecule has 1 N–H and O–H groups in total. The highest BCUT2D eigenvalue weighted by Gasteiger charge is 2.35. The average molecular weight is 280 g/mol. The third kappa shape index (κ3) is 3.34. The van der Waals surface area contributed by atoms with Gasteiger partial charge in [0, 0.05) is 44.1 Å². The summed E-state index contributed by atoms with van der Waals surface area (Å²) >= 11 is 0. The highest BCUT2D eigenvalue weighted by atomic mass is 16.5. The molecule has 3 aliphatic rings. The Balaban J connectivity index is 1.43. The van der Waals surface area contributed by atoms with E-state index >= 15 is 0 Å². The Morgan fingerprint density at radius 1 is 1.20 bits per heavy atom. The van der Waals surface area contributed by atoms with Gasteiger partial charge in [0.25, 0.3) is 0 Å². The van der Waals surface area contributed by atoms with E-state index in [1.165, 1.54) is 25.7 Å². The first-order valence-electron chi connectivity index (χ1n) is 8.36. The lowest BCUT2D eigenvalue weighted by molar-refractivity contribution is -0.131. The molecule has 3 unspecified atom stereocenters. The van der Waals surface area contributed by atoms with Crippen molar-refractivity contribution in [2.24, 2.45) is 11.8 Å². The summed E-state index contributed by atoms with van der Waals surface area (Å²) in [6.07, 6.45) is 6.93. The van der Waals surface area contributed by atoms with Crippen molar-refractivity contribution in [3.8, 4) is 0 Å². The number of hydrogen-bond donors (Lipinski definition) is 1. The lowest BCUT2D eigenvalue weighted by Gasteiger charge is -2.30. The van der Waals surface area contributed by atoms with Crippen LogP contribution in [0.4, 0.5) is 0 Å². The van der Waals surface area contributed by atoms with Gasteiger partial charge >= 0.3 is 0 Å². The Morgan fingerprint density at radius 2 is 1.95 bits per heavy atom. The fourth-order valence-corrected chi connectivity index (χ4v) is 4.20. The molecule has 114 valence electrons. The van der Waals surface area contributed by atoms with E-state index in [0.29, 0.717) is 29.8 Å². The van der Waals surface area contributed by atoms with Gasteiger partial charge < -0.3 is 15.0 Å². The standard InChI is InChI=1S/C16H28N2O2/c1-2-20-11-12-5-6-18(10-12)16(19)9-13-7-14-3-4-15(8-13)17-14/h12-15,17H,2-11H2,1H3. The number of nitrogens with one attached hydrogen (secondary N) is 1. The third-order valence-electron chi connectivity index (χ3n) is 5.23. The highest BCUT2D eigenvalue weighted by molar-refractivity contribution is 5.76. The van der Waals surface area contributed by atoms with E-state index in [-0.39, 0.29) is 0 Å². The molecule has 0 spiro atoms. The van der Waals surface area contributed by atoms with Gasteiger partial charge in [-0.1, -0.05) is 0 Å². The van der Waals surface area contributed by atoms with E-state index in [1.807, 2.05) is 6.92 Å². The molecule has 20 heavy (non-hydrogen) atoms. The van der Waals surface area contributed by atoms with Gasteiger partial charge in [-0.2, -0.15) is 0 Å². The van der Waals surface area contributed by atoms with E-state index < -0.39 is 0 Å². The van der Waals surface area contributed by atoms with E-state index in [1.54, 1.807) is 0 Å². The minimum atomic E-state index is 0.385. The highest BCUT2D eigenvalue weighted by Crippen LogP contribution is 2.33. The zero-order valence-electron chi connectivity index (χ0n) is 12.6. The molecule has 3 rings (SSSR count). The second-order valence-electron chi connectivity index (χ2n) is 6.83. The van der Waals surface area contributed by atoms with E-state index in [4.69, 9.17) is 4.74 Å². The van der Waals surface area contributed by atoms with Crippen molar-refractivity contribution in [3.05, 3.63) is 0 Å². The largest absolute Gasteiger partial charge is 0.381 e. The number of hydrogen-bond acceptors (Lipinski definition) is 3. The minimum absolute atomic E-state index is 0.385. The predicted octanol–water partition coefficient (Wildman–Crippen LogP) is 1.79. The zero-order chi connectivity index (χ0) is 13.9. The molecule has 0 aromatic heterocycles. The summed E-state index contributed by atoms with van der Waals surface area (Å²) in [5, 5.41) is 3.65. The quantitative estimate of drug-likeness (QED) is 0.835. The normalized spacial score (nSPS) is 36.5. The van der Waals surface area contributed by atoms with Gasteiger partial charge in [0.2, 0.25) is 5.91 Å².